The highest BCUT2D eigenvalue weighted by atomic mass is 16.5. The van der Waals surface area contributed by atoms with E-state index in [1.54, 1.807) is 29.2 Å². The summed E-state index contributed by atoms with van der Waals surface area (Å²) in [5.74, 6) is -0.462. The molecule has 0 atom stereocenters. The Morgan fingerprint density at radius 2 is 1.95 bits per heavy atom. The fourth-order valence-corrected chi connectivity index (χ4v) is 1.94. The van der Waals surface area contributed by atoms with Gasteiger partial charge in [0.05, 0.1) is 18.4 Å². The Hall–Kier alpha value is -2.08. The van der Waals surface area contributed by atoms with E-state index in [0.717, 1.165) is 13.1 Å². The number of nitrogens with one attached hydrogen (secondary N) is 2. The summed E-state index contributed by atoms with van der Waals surface area (Å²) in [5, 5.41) is 5.93. The number of rotatable bonds is 2. The molecule has 0 bridgehead atoms. The van der Waals surface area contributed by atoms with Crippen LogP contribution >= 0.6 is 0 Å². The highest BCUT2D eigenvalue weighted by Crippen LogP contribution is 2.16. The Morgan fingerprint density at radius 3 is 2.63 bits per heavy atom. The maximum Gasteiger partial charge on any atom is 0.339 e. The van der Waals surface area contributed by atoms with Crippen LogP contribution in [-0.4, -0.2) is 50.2 Å². The molecule has 1 aromatic rings. The number of amides is 2. The number of nitrogens with zero attached hydrogens (tertiary/aromatic N) is 1. The first kappa shape index (κ1) is 13.4. The molecule has 2 rings (SSSR count). The maximum absolute atomic E-state index is 12.1. The van der Waals surface area contributed by atoms with Gasteiger partial charge in [0, 0.05) is 26.2 Å². The van der Waals surface area contributed by atoms with Crippen molar-refractivity contribution in [3.8, 4) is 0 Å². The molecule has 1 saturated heterocycles. The Bertz CT molecular complexity index is 470. The third-order valence-corrected chi connectivity index (χ3v) is 2.98. The minimum Gasteiger partial charge on any atom is -0.465 e. The van der Waals surface area contributed by atoms with Crippen LogP contribution in [0.3, 0.4) is 0 Å². The van der Waals surface area contributed by atoms with Gasteiger partial charge in [-0.1, -0.05) is 12.1 Å². The summed E-state index contributed by atoms with van der Waals surface area (Å²) < 4.78 is 4.69. The van der Waals surface area contributed by atoms with Gasteiger partial charge in [-0.25, -0.2) is 9.59 Å². The number of methoxy groups -OCH3 is 1. The summed E-state index contributed by atoms with van der Waals surface area (Å²) in [5.41, 5.74) is 0.825. The second kappa shape index (κ2) is 6.19. The Morgan fingerprint density at radius 1 is 1.26 bits per heavy atom. The number of carbonyl (C=O) groups excluding carboxylic acids is 2. The third-order valence-electron chi connectivity index (χ3n) is 2.98. The van der Waals surface area contributed by atoms with E-state index in [0.29, 0.717) is 24.3 Å². The molecular formula is C13H17N3O3. The molecule has 1 aliphatic rings. The topological polar surface area (TPSA) is 70.7 Å². The van der Waals surface area contributed by atoms with E-state index in [2.05, 4.69) is 10.6 Å². The monoisotopic (exact) mass is 263 g/mol. The molecule has 1 aliphatic heterocycles. The Kier molecular flexibility index (Phi) is 4.35. The molecule has 0 aliphatic carbocycles. The zero-order chi connectivity index (χ0) is 13.7. The Balaban J connectivity index is 2.09. The number of urea groups is 1. The highest BCUT2D eigenvalue weighted by molar-refractivity contribution is 6.00. The van der Waals surface area contributed by atoms with Crippen LogP contribution in [0.1, 0.15) is 10.4 Å². The minimum absolute atomic E-state index is 0.196. The lowest BCUT2D eigenvalue weighted by Crippen LogP contribution is -2.48. The maximum atomic E-state index is 12.1. The van der Waals surface area contributed by atoms with E-state index in [1.807, 2.05) is 0 Å². The largest absolute Gasteiger partial charge is 0.465 e. The van der Waals surface area contributed by atoms with Gasteiger partial charge in [-0.3, -0.25) is 0 Å². The van der Waals surface area contributed by atoms with Crippen molar-refractivity contribution in [2.24, 2.45) is 0 Å². The zero-order valence-electron chi connectivity index (χ0n) is 10.8. The van der Waals surface area contributed by atoms with Gasteiger partial charge in [0.25, 0.3) is 0 Å². The van der Waals surface area contributed by atoms with Gasteiger partial charge in [-0.15, -0.1) is 0 Å². The predicted octanol–water partition coefficient (Wildman–Crippen LogP) is 0.910. The first-order valence-electron chi connectivity index (χ1n) is 6.16. The van der Waals surface area contributed by atoms with Crippen LogP contribution < -0.4 is 10.6 Å². The van der Waals surface area contributed by atoms with Gasteiger partial charge < -0.3 is 20.3 Å². The normalized spacial score (nSPS) is 14.9. The first-order chi connectivity index (χ1) is 9.22. The summed E-state index contributed by atoms with van der Waals surface area (Å²) in [4.78, 5) is 25.4. The zero-order valence-corrected chi connectivity index (χ0v) is 10.8. The molecule has 0 unspecified atom stereocenters. The van der Waals surface area contributed by atoms with E-state index >= 15 is 0 Å². The van der Waals surface area contributed by atoms with Crippen LogP contribution in [-0.2, 0) is 4.74 Å². The molecule has 19 heavy (non-hydrogen) atoms. The first-order valence-corrected chi connectivity index (χ1v) is 6.16. The number of para-hydroxylation sites is 1. The van der Waals surface area contributed by atoms with Crippen molar-refractivity contribution in [1.29, 1.82) is 0 Å². The van der Waals surface area contributed by atoms with E-state index in [-0.39, 0.29) is 6.03 Å². The molecule has 1 fully saturated rings. The molecule has 0 spiro atoms. The summed E-state index contributed by atoms with van der Waals surface area (Å²) in [6, 6.07) is 6.61. The van der Waals surface area contributed by atoms with Gasteiger partial charge in [0.2, 0.25) is 0 Å². The molecule has 102 valence electrons. The number of piperazine rings is 1. The molecule has 0 saturated carbocycles. The minimum atomic E-state index is -0.462. The molecule has 6 nitrogen and oxygen atoms in total. The van der Waals surface area contributed by atoms with Crippen molar-refractivity contribution in [1.82, 2.24) is 10.2 Å². The lowest BCUT2D eigenvalue weighted by Gasteiger charge is -2.27. The summed E-state index contributed by atoms with van der Waals surface area (Å²) in [6.07, 6.45) is 0. The molecule has 0 aromatic heterocycles. The SMILES string of the molecule is COC(=O)c1ccccc1NC(=O)N1CCNCC1. The molecule has 1 aromatic carbocycles. The van der Waals surface area contributed by atoms with Gasteiger partial charge >= 0.3 is 12.0 Å². The molecule has 2 amide bonds. The van der Waals surface area contributed by atoms with Crippen molar-refractivity contribution in [2.75, 3.05) is 38.6 Å². The van der Waals surface area contributed by atoms with E-state index in [9.17, 15) is 9.59 Å². The number of benzene rings is 1. The lowest BCUT2D eigenvalue weighted by molar-refractivity contribution is 0.0602. The van der Waals surface area contributed by atoms with Crippen molar-refractivity contribution >= 4 is 17.7 Å². The van der Waals surface area contributed by atoms with Gasteiger partial charge in [-0.2, -0.15) is 0 Å². The van der Waals surface area contributed by atoms with Crippen molar-refractivity contribution in [3.63, 3.8) is 0 Å². The lowest BCUT2D eigenvalue weighted by atomic mass is 10.2. The van der Waals surface area contributed by atoms with Gasteiger partial charge in [0.15, 0.2) is 0 Å². The summed E-state index contributed by atoms with van der Waals surface area (Å²) >= 11 is 0. The second-order valence-electron chi connectivity index (χ2n) is 4.20. The number of anilines is 1. The molecule has 6 heteroatoms. The second-order valence-corrected chi connectivity index (χ2v) is 4.20. The molecule has 2 N–H and O–H groups in total. The fourth-order valence-electron chi connectivity index (χ4n) is 1.94. The number of esters is 1. The van der Waals surface area contributed by atoms with Crippen LogP contribution in [0.25, 0.3) is 0 Å². The smallest absolute Gasteiger partial charge is 0.339 e. The average molecular weight is 263 g/mol. The van der Waals surface area contributed by atoms with Crippen LogP contribution in [0, 0.1) is 0 Å². The van der Waals surface area contributed by atoms with Crippen molar-refractivity contribution in [2.45, 2.75) is 0 Å². The van der Waals surface area contributed by atoms with Crippen molar-refractivity contribution < 1.29 is 14.3 Å². The highest BCUT2D eigenvalue weighted by Gasteiger charge is 2.18. The molecule has 1 heterocycles. The van der Waals surface area contributed by atoms with E-state index < -0.39 is 5.97 Å². The van der Waals surface area contributed by atoms with Gasteiger partial charge in [0.1, 0.15) is 0 Å². The number of ether oxygens (including phenoxy) is 1. The van der Waals surface area contributed by atoms with Crippen LogP contribution in [0.5, 0.6) is 0 Å². The summed E-state index contributed by atoms with van der Waals surface area (Å²) in [6.45, 7) is 2.89. The van der Waals surface area contributed by atoms with Crippen LogP contribution in [0.2, 0.25) is 0 Å². The quantitative estimate of drug-likeness (QED) is 0.778. The summed E-state index contributed by atoms with van der Waals surface area (Å²) in [7, 11) is 1.32. The van der Waals surface area contributed by atoms with Crippen molar-refractivity contribution in [3.05, 3.63) is 29.8 Å². The molecule has 0 radical (unpaired) electrons. The van der Waals surface area contributed by atoms with Crippen LogP contribution in [0.15, 0.2) is 24.3 Å². The van der Waals surface area contributed by atoms with Crippen LogP contribution in [0.4, 0.5) is 10.5 Å². The predicted molar refractivity (Wildman–Crippen MR) is 71.2 cm³/mol. The van der Waals surface area contributed by atoms with Gasteiger partial charge in [-0.05, 0) is 12.1 Å². The fraction of sp³-hybridized carbons (Fsp3) is 0.385. The third kappa shape index (κ3) is 3.23. The number of hydrogen-bond acceptors (Lipinski definition) is 4. The number of carbonyl (C=O) groups is 2. The molecular weight excluding hydrogens is 246 g/mol. The van der Waals surface area contributed by atoms with E-state index in [1.165, 1.54) is 7.11 Å². The standard InChI is InChI=1S/C13H17N3O3/c1-19-12(17)10-4-2-3-5-11(10)15-13(18)16-8-6-14-7-9-16/h2-5,14H,6-9H2,1H3,(H,15,18). The Labute approximate surface area is 111 Å². The van der Waals surface area contributed by atoms with E-state index in [4.69, 9.17) is 4.74 Å². The number of hydrogen-bond donors (Lipinski definition) is 2. The average Bonchev–Trinajstić information content (AvgIpc) is 2.48.